The standard InChI is InChI=1S/C21H23FN2O2/c1-13(19-11-14-2-3-15(19)10-14)23-21(26)16-4-9-20(25)24(12-16)18-7-5-17(22)6-8-18/h4-9,12-15,19H,2-3,10-11H2,1H3,(H,23,26). The van der Waals surface area contributed by atoms with E-state index in [9.17, 15) is 14.0 Å². The Morgan fingerprint density at radius 3 is 2.58 bits per heavy atom. The van der Waals surface area contributed by atoms with Gasteiger partial charge < -0.3 is 5.32 Å². The summed E-state index contributed by atoms with van der Waals surface area (Å²) >= 11 is 0. The van der Waals surface area contributed by atoms with Crippen LogP contribution in [0.5, 0.6) is 0 Å². The molecule has 2 saturated carbocycles. The summed E-state index contributed by atoms with van der Waals surface area (Å²) in [5, 5.41) is 3.12. The second kappa shape index (κ2) is 6.71. The zero-order chi connectivity index (χ0) is 18.3. The molecule has 2 fully saturated rings. The predicted octanol–water partition coefficient (Wildman–Crippen LogP) is 3.53. The lowest BCUT2D eigenvalue weighted by atomic mass is 9.84. The van der Waals surface area contributed by atoms with E-state index in [1.165, 1.54) is 66.8 Å². The Morgan fingerprint density at radius 2 is 1.92 bits per heavy atom. The Balaban J connectivity index is 1.52. The summed E-state index contributed by atoms with van der Waals surface area (Å²) in [4.78, 5) is 24.8. The maximum Gasteiger partial charge on any atom is 0.255 e. The van der Waals surface area contributed by atoms with E-state index >= 15 is 0 Å². The van der Waals surface area contributed by atoms with E-state index in [-0.39, 0.29) is 23.3 Å². The SMILES string of the molecule is CC(NC(=O)c1ccc(=O)n(-c2ccc(F)cc2)c1)C1CC2CCC1C2. The van der Waals surface area contributed by atoms with Crippen LogP contribution in [0.15, 0.2) is 47.4 Å². The zero-order valence-corrected chi connectivity index (χ0v) is 14.8. The third-order valence-electron chi connectivity index (χ3n) is 6.07. The van der Waals surface area contributed by atoms with Gasteiger partial charge in [-0.3, -0.25) is 14.2 Å². The fourth-order valence-electron chi connectivity index (χ4n) is 4.73. The number of rotatable bonds is 4. The first-order valence-corrected chi connectivity index (χ1v) is 9.31. The highest BCUT2D eigenvalue weighted by atomic mass is 19.1. The van der Waals surface area contributed by atoms with Crippen molar-refractivity contribution >= 4 is 5.91 Å². The molecule has 2 aliphatic carbocycles. The topological polar surface area (TPSA) is 51.1 Å². The number of carbonyl (C=O) groups is 1. The summed E-state index contributed by atoms with van der Waals surface area (Å²) in [6.07, 6.45) is 6.66. The number of pyridine rings is 1. The normalized spacial score (nSPS) is 25.2. The third-order valence-corrected chi connectivity index (χ3v) is 6.07. The molecule has 2 bridgehead atoms. The summed E-state index contributed by atoms with van der Waals surface area (Å²) in [7, 11) is 0. The van der Waals surface area contributed by atoms with Crippen molar-refractivity contribution < 1.29 is 9.18 Å². The van der Waals surface area contributed by atoms with Crippen LogP contribution in [0, 0.1) is 23.6 Å². The molecule has 0 radical (unpaired) electrons. The number of nitrogens with zero attached hydrogens (tertiary/aromatic N) is 1. The minimum Gasteiger partial charge on any atom is -0.349 e. The summed E-state index contributed by atoms with van der Waals surface area (Å²) in [6.45, 7) is 2.08. The Labute approximate surface area is 152 Å². The zero-order valence-electron chi connectivity index (χ0n) is 14.8. The first kappa shape index (κ1) is 17.0. The molecule has 4 unspecified atom stereocenters. The van der Waals surface area contributed by atoms with Crippen molar-refractivity contribution in [3.05, 3.63) is 64.3 Å². The average Bonchev–Trinajstić information content (AvgIpc) is 3.26. The molecule has 4 rings (SSSR count). The molecule has 1 amide bonds. The van der Waals surface area contributed by atoms with Crippen LogP contribution in [0.3, 0.4) is 0 Å². The number of aromatic nitrogens is 1. The molecule has 1 aromatic carbocycles. The van der Waals surface area contributed by atoms with Gasteiger partial charge in [-0.25, -0.2) is 4.39 Å². The monoisotopic (exact) mass is 354 g/mol. The van der Waals surface area contributed by atoms with Gasteiger partial charge in [0.2, 0.25) is 0 Å². The van der Waals surface area contributed by atoms with E-state index in [1.54, 1.807) is 6.07 Å². The molecule has 1 heterocycles. The Kier molecular flexibility index (Phi) is 4.39. The van der Waals surface area contributed by atoms with Gasteiger partial charge in [0, 0.05) is 24.0 Å². The molecule has 4 nitrogen and oxygen atoms in total. The van der Waals surface area contributed by atoms with Crippen LogP contribution < -0.4 is 10.9 Å². The molecule has 1 N–H and O–H groups in total. The van der Waals surface area contributed by atoms with Gasteiger partial charge in [0.05, 0.1) is 5.56 Å². The molecule has 0 saturated heterocycles. The van der Waals surface area contributed by atoms with Crippen molar-refractivity contribution in [2.24, 2.45) is 17.8 Å². The molecule has 0 spiro atoms. The van der Waals surface area contributed by atoms with Crippen molar-refractivity contribution in [3.8, 4) is 5.69 Å². The summed E-state index contributed by atoms with van der Waals surface area (Å²) < 4.78 is 14.5. The highest BCUT2D eigenvalue weighted by Gasteiger charge is 2.42. The second-order valence-electron chi connectivity index (χ2n) is 7.70. The van der Waals surface area contributed by atoms with Crippen molar-refractivity contribution in [2.75, 3.05) is 0 Å². The van der Waals surface area contributed by atoms with Crippen molar-refractivity contribution in [1.82, 2.24) is 9.88 Å². The quantitative estimate of drug-likeness (QED) is 0.913. The van der Waals surface area contributed by atoms with Gasteiger partial charge in [-0.05, 0) is 74.3 Å². The fourth-order valence-corrected chi connectivity index (χ4v) is 4.73. The molecule has 136 valence electrons. The third kappa shape index (κ3) is 3.18. The number of hydrogen-bond acceptors (Lipinski definition) is 2. The van der Waals surface area contributed by atoms with Crippen LogP contribution >= 0.6 is 0 Å². The Hall–Kier alpha value is -2.43. The van der Waals surface area contributed by atoms with Gasteiger partial charge in [0.1, 0.15) is 5.82 Å². The number of benzene rings is 1. The molecular formula is C21H23FN2O2. The first-order chi connectivity index (χ1) is 12.5. The van der Waals surface area contributed by atoms with Crippen LogP contribution in [0.25, 0.3) is 5.69 Å². The van der Waals surface area contributed by atoms with Crippen LogP contribution in [0.2, 0.25) is 0 Å². The molecule has 4 atom stereocenters. The van der Waals surface area contributed by atoms with Crippen LogP contribution in [-0.4, -0.2) is 16.5 Å². The lowest BCUT2D eigenvalue weighted by Crippen LogP contribution is -2.40. The number of carbonyl (C=O) groups excluding carboxylic acids is 1. The molecular weight excluding hydrogens is 331 g/mol. The maximum atomic E-state index is 13.1. The van der Waals surface area contributed by atoms with E-state index in [0.29, 0.717) is 17.2 Å². The maximum absolute atomic E-state index is 13.1. The van der Waals surface area contributed by atoms with Gasteiger partial charge in [0.15, 0.2) is 0 Å². The highest BCUT2D eigenvalue weighted by molar-refractivity contribution is 5.94. The van der Waals surface area contributed by atoms with E-state index in [4.69, 9.17) is 0 Å². The van der Waals surface area contributed by atoms with Gasteiger partial charge in [-0.15, -0.1) is 0 Å². The van der Waals surface area contributed by atoms with E-state index in [0.717, 1.165) is 11.8 Å². The fraction of sp³-hybridized carbons (Fsp3) is 0.429. The average molecular weight is 354 g/mol. The van der Waals surface area contributed by atoms with Crippen LogP contribution in [0.4, 0.5) is 4.39 Å². The van der Waals surface area contributed by atoms with Crippen LogP contribution in [0.1, 0.15) is 43.0 Å². The lowest BCUT2D eigenvalue weighted by molar-refractivity contribution is 0.0914. The molecule has 2 aliphatic rings. The first-order valence-electron chi connectivity index (χ1n) is 9.31. The number of amides is 1. The number of fused-ring (bicyclic) bond motifs is 2. The number of hydrogen-bond donors (Lipinski definition) is 1. The van der Waals surface area contributed by atoms with Crippen molar-refractivity contribution in [1.29, 1.82) is 0 Å². The van der Waals surface area contributed by atoms with Gasteiger partial charge in [0.25, 0.3) is 11.5 Å². The summed E-state index contributed by atoms with van der Waals surface area (Å²) in [5.41, 5.74) is 0.713. The summed E-state index contributed by atoms with van der Waals surface area (Å²) in [5.74, 6) is 1.60. The molecule has 5 heteroatoms. The Morgan fingerprint density at radius 1 is 1.15 bits per heavy atom. The smallest absolute Gasteiger partial charge is 0.255 e. The molecule has 0 aliphatic heterocycles. The minimum absolute atomic E-state index is 0.129. The van der Waals surface area contributed by atoms with Gasteiger partial charge in [-0.2, -0.15) is 0 Å². The number of halogens is 1. The molecule has 26 heavy (non-hydrogen) atoms. The van der Waals surface area contributed by atoms with E-state index in [2.05, 4.69) is 12.2 Å². The van der Waals surface area contributed by atoms with Crippen molar-refractivity contribution in [3.63, 3.8) is 0 Å². The van der Waals surface area contributed by atoms with Gasteiger partial charge in [-0.1, -0.05) is 6.42 Å². The lowest BCUT2D eigenvalue weighted by Gasteiger charge is -2.28. The minimum atomic E-state index is -0.365. The molecule has 2 aromatic rings. The number of nitrogens with one attached hydrogen (secondary N) is 1. The molecule has 1 aromatic heterocycles. The van der Waals surface area contributed by atoms with E-state index < -0.39 is 0 Å². The van der Waals surface area contributed by atoms with E-state index in [1.807, 2.05) is 0 Å². The Bertz CT molecular complexity index is 874. The van der Waals surface area contributed by atoms with Crippen LogP contribution in [-0.2, 0) is 0 Å². The predicted molar refractivity (Wildman–Crippen MR) is 97.9 cm³/mol. The van der Waals surface area contributed by atoms with Crippen molar-refractivity contribution in [2.45, 2.75) is 38.6 Å². The van der Waals surface area contributed by atoms with Gasteiger partial charge >= 0.3 is 0 Å². The largest absolute Gasteiger partial charge is 0.349 e. The second-order valence-corrected chi connectivity index (χ2v) is 7.70. The highest BCUT2D eigenvalue weighted by Crippen LogP contribution is 2.49. The summed E-state index contributed by atoms with van der Waals surface area (Å²) in [6, 6.07) is 8.69.